The first kappa shape index (κ1) is 16.7. The zero-order valence-corrected chi connectivity index (χ0v) is 11.8. The van der Waals surface area contributed by atoms with Crippen molar-refractivity contribution < 1.29 is 9.90 Å². The van der Waals surface area contributed by atoms with Crippen molar-refractivity contribution in [1.82, 2.24) is 5.32 Å². The highest BCUT2D eigenvalue weighted by atomic mass is 32.2. The monoisotopic (exact) mass is 262 g/mol. The fourth-order valence-electron chi connectivity index (χ4n) is 1.52. The minimum absolute atomic E-state index is 0.0270. The predicted octanol–water partition coefficient (Wildman–Crippen LogP) is 1.13. The number of aliphatic hydroxyl groups is 1. The number of amides is 1. The standard InChI is InChI=1S/C12H26N2O2S/c1-12(16,10-17-2)9-14-11(15)7-5-3-4-6-8-13/h16H,3-10,13H2,1-2H3,(H,14,15). The van der Waals surface area contributed by atoms with Gasteiger partial charge in [-0.1, -0.05) is 12.8 Å². The molecule has 1 amide bonds. The Bertz CT molecular complexity index is 211. The highest BCUT2D eigenvalue weighted by molar-refractivity contribution is 7.98. The van der Waals surface area contributed by atoms with E-state index in [4.69, 9.17) is 5.73 Å². The Hall–Kier alpha value is -0.260. The van der Waals surface area contributed by atoms with Crippen LogP contribution < -0.4 is 11.1 Å². The second-order valence-electron chi connectivity index (χ2n) is 4.66. The van der Waals surface area contributed by atoms with E-state index < -0.39 is 5.60 Å². The van der Waals surface area contributed by atoms with Crippen LogP contribution in [0.5, 0.6) is 0 Å². The minimum atomic E-state index is -0.811. The Morgan fingerprint density at radius 1 is 1.35 bits per heavy atom. The van der Waals surface area contributed by atoms with E-state index in [0.717, 1.165) is 32.2 Å². The Labute approximate surface area is 109 Å². The first-order valence-electron chi connectivity index (χ1n) is 6.20. The highest BCUT2D eigenvalue weighted by Crippen LogP contribution is 2.09. The second-order valence-corrected chi connectivity index (χ2v) is 5.53. The van der Waals surface area contributed by atoms with Crippen molar-refractivity contribution in [3.8, 4) is 0 Å². The number of rotatable bonds is 10. The molecule has 0 aromatic rings. The summed E-state index contributed by atoms with van der Waals surface area (Å²) in [5.41, 5.74) is 4.57. The molecule has 102 valence electrons. The summed E-state index contributed by atoms with van der Waals surface area (Å²) in [4.78, 5) is 11.5. The van der Waals surface area contributed by atoms with Gasteiger partial charge in [0.2, 0.25) is 5.91 Å². The molecule has 4 nitrogen and oxygen atoms in total. The Morgan fingerprint density at radius 3 is 2.59 bits per heavy atom. The summed E-state index contributed by atoms with van der Waals surface area (Å²) in [6, 6.07) is 0. The van der Waals surface area contributed by atoms with E-state index >= 15 is 0 Å². The van der Waals surface area contributed by atoms with Crippen molar-refractivity contribution in [1.29, 1.82) is 0 Å². The molecule has 0 aromatic heterocycles. The molecule has 0 rings (SSSR count). The maximum absolute atomic E-state index is 11.5. The maximum Gasteiger partial charge on any atom is 0.220 e. The van der Waals surface area contributed by atoms with Gasteiger partial charge in [0.15, 0.2) is 0 Å². The second kappa shape index (κ2) is 9.74. The number of nitrogens with two attached hydrogens (primary N) is 1. The average molecular weight is 262 g/mol. The lowest BCUT2D eigenvalue weighted by Gasteiger charge is -2.22. The Balaban J connectivity index is 3.52. The van der Waals surface area contributed by atoms with Crippen LogP contribution in [0.1, 0.15) is 39.0 Å². The molecule has 4 N–H and O–H groups in total. The third-order valence-electron chi connectivity index (χ3n) is 2.48. The van der Waals surface area contributed by atoms with Gasteiger partial charge < -0.3 is 16.2 Å². The lowest BCUT2D eigenvalue weighted by molar-refractivity contribution is -0.122. The molecule has 17 heavy (non-hydrogen) atoms. The van der Waals surface area contributed by atoms with Gasteiger partial charge in [-0.15, -0.1) is 0 Å². The van der Waals surface area contributed by atoms with E-state index in [1.807, 2.05) is 6.26 Å². The van der Waals surface area contributed by atoms with Crippen molar-refractivity contribution in [3.05, 3.63) is 0 Å². The topological polar surface area (TPSA) is 75.3 Å². The summed E-state index contributed by atoms with van der Waals surface area (Å²) < 4.78 is 0. The third-order valence-corrected chi connectivity index (χ3v) is 3.39. The molecule has 0 aliphatic carbocycles. The number of carbonyl (C=O) groups is 1. The summed E-state index contributed by atoms with van der Waals surface area (Å²) in [6.45, 7) is 2.80. The van der Waals surface area contributed by atoms with Gasteiger partial charge in [-0.05, 0) is 32.6 Å². The molecule has 0 aliphatic rings. The molecule has 5 heteroatoms. The molecule has 0 radical (unpaired) electrons. The molecule has 1 atom stereocenters. The van der Waals surface area contributed by atoms with Crippen LogP contribution in [0.2, 0.25) is 0 Å². The SMILES string of the molecule is CSCC(C)(O)CNC(=O)CCCCCCN. The van der Waals surface area contributed by atoms with Crippen LogP contribution in [-0.2, 0) is 4.79 Å². The van der Waals surface area contributed by atoms with Crippen molar-refractivity contribution in [2.75, 3.05) is 25.1 Å². The average Bonchev–Trinajstić information content (AvgIpc) is 2.26. The largest absolute Gasteiger partial charge is 0.387 e. The van der Waals surface area contributed by atoms with E-state index in [0.29, 0.717) is 18.7 Å². The molecule has 0 spiro atoms. The number of thioether (sulfide) groups is 1. The van der Waals surface area contributed by atoms with E-state index in [9.17, 15) is 9.90 Å². The summed E-state index contributed by atoms with van der Waals surface area (Å²) in [5.74, 6) is 0.656. The molecular weight excluding hydrogens is 236 g/mol. The number of hydrogen-bond acceptors (Lipinski definition) is 4. The summed E-state index contributed by atoms with van der Waals surface area (Å²) in [5, 5.41) is 12.6. The Kier molecular flexibility index (Phi) is 9.59. The van der Waals surface area contributed by atoms with Gasteiger partial charge in [-0.3, -0.25) is 4.79 Å². The van der Waals surface area contributed by atoms with Gasteiger partial charge in [0.1, 0.15) is 0 Å². The molecule has 0 fully saturated rings. The van der Waals surface area contributed by atoms with Crippen LogP contribution in [0.15, 0.2) is 0 Å². The summed E-state index contributed by atoms with van der Waals surface area (Å²) >= 11 is 1.57. The number of unbranched alkanes of at least 4 members (excludes halogenated alkanes) is 3. The van der Waals surface area contributed by atoms with E-state index in [1.165, 1.54) is 0 Å². The zero-order valence-electron chi connectivity index (χ0n) is 11.0. The van der Waals surface area contributed by atoms with Crippen LogP contribution >= 0.6 is 11.8 Å². The normalized spacial score (nSPS) is 14.4. The molecular formula is C12H26N2O2S. The summed E-state index contributed by atoms with van der Waals surface area (Å²) in [6.07, 6.45) is 6.55. The molecule has 1 unspecified atom stereocenters. The molecule has 0 saturated carbocycles. The minimum Gasteiger partial charge on any atom is -0.387 e. The van der Waals surface area contributed by atoms with E-state index in [-0.39, 0.29) is 5.91 Å². The molecule has 0 aromatic carbocycles. The number of carbonyl (C=O) groups excluding carboxylic acids is 1. The fourth-order valence-corrected chi connectivity index (χ4v) is 2.25. The molecule has 0 bridgehead atoms. The third kappa shape index (κ3) is 10.6. The quantitative estimate of drug-likeness (QED) is 0.516. The van der Waals surface area contributed by atoms with Crippen LogP contribution in [-0.4, -0.2) is 41.7 Å². The maximum atomic E-state index is 11.5. The molecule has 0 heterocycles. The van der Waals surface area contributed by atoms with Crippen molar-refractivity contribution in [2.24, 2.45) is 5.73 Å². The number of nitrogens with one attached hydrogen (secondary N) is 1. The van der Waals surface area contributed by atoms with Crippen molar-refractivity contribution in [2.45, 2.75) is 44.6 Å². The predicted molar refractivity (Wildman–Crippen MR) is 74.2 cm³/mol. The van der Waals surface area contributed by atoms with Crippen LogP contribution in [0.3, 0.4) is 0 Å². The fraction of sp³-hybridized carbons (Fsp3) is 0.917. The Morgan fingerprint density at radius 2 is 2.00 bits per heavy atom. The number of hydrogen-bond donors (Lipinski definition) is 3. The highest BCUT2D eigenvalue weighted by Gasteiger charge is 2.19. The van der Waals surface area contributed by atoms with Crippen LogP contribution in [0, 0.1) is 0 Å². The summed E-state index contributed by atoms with van der Waals surface area (Å²) in [7, 11) is 0. The van der Waals surface area contributed by atoms with Crippen molar-refractivity contribution >= 4 is 17.7 Å². The van der Waals surface area contributed by atoms with Crippen LogP contribution in [0.4, 0.5) is 0 Å². The van der Waals surface area contributed by atoms with E-state index in [1.54, 1.807) is 18.7 Å². The van der Waals surface area contributed by atoms with Crippen LogP contribution in [0.25, 0.3) is 0 Å². The lowest BCUT2D eigenvalue weighted by atomic mass is 10.1. The molecule has 0 aliphatic heterocycles. The van der Waals surface area contributed by atoms with Crippen molar-refractivity contribution in [3.63, 3.8) is 0 Å². The lowest BCUT2D eigenvalue weighted by Crippen LogP contribution is -2.42. The molecule has 0 saturated heterocycles. The van der Waals surface area contributed by atoms with Gasteiger partial charge in [0, 0.05) is 18.7 Å². The van der Waals surface area contributed by atoms with E-state index in [2.05, 4.69) is 5.32 Å². The van der Waals surface area contributed by atoms with Gasteiger partial charge in [-0.2, -0.15) is 11.8 Å². The first-order chi connectivity index (χ1) is 8.02. The first-order valence-corrected chi connectivity index (χ1v) is 7.59. The van der Waals surface area contributed by atoms with Gasteiger partial charge in [0.25, 0.3) is 0 Å². The zero-order chi connectivity index (χ0) is 13.1. The van der Waals surface area contributed by atoms with Gasteiger partial charge in [0.05, 0.1) is 5.60 Å². The smallest absolute Gasteiger partial charge is 0.220 e. The van der Waals surface area contributed by atoms with Gasteiger partial charge in [-0.25, -0.2) is 0 Å². The van der Waals surface area contributed by atoms with Gasteiger partial charge >= 0.3 is 0 Å².